The zero-order valence-corrected chi connectivity index (χ0v) is 15.0. The number of hydrogen-bond donors (Lipinski definition) is 2. The monoisotopic (exact) mass is 359 g/mol. The Labute approximate surface area is 153 Å². The number of amides is 1. The van der Waals surface area contributed by atoms with Gasteiger partial charge in [-0.15, -0.1) is 0 Å². The number of ether oxygens (including phenoxy) is 1. The summed E-state index contributed by atoms with van der Waals surface area (Å²) in [5.74, 6) is 1.28. The number of likely N-dealkylation sites (tertiary alicyclic amines) is 2. The molecule has 2 bridgehead atoms. The molecule has 1 aromatic carbocycles. The summed E-state index contributed by atoms with van der Waals surface area (Å²) in [6.45, 7) is 5.15. The molecule has 2 aliphatic heterocycles. The van der Waals surface area contributed by atoms with E-state index < -0.39 is 11.7 Å². The van der Waals surface area contributed by atoms with Gasteiger partial charge >= 0.3 is 6.09 Å². The maximum Gasteiger partial charge on any atom is 0.407 e. The summed E-state index contributed by atoms with van der Waals surface area (Å²) in [6, 6.07) is 8.87. The van der Waals surface area contributed by atoms with Crippen molar-refractivity contribution in [2.24, 2.45) is 11.8 Å². The third kappa shape index (κ3) is 4.65. The first kappa shape index (κ1) is 18.5. The van der Waals surface area contributed by atoms with Crippen LogP contribution in [0.4, 0.5) is 4.79 Å². The van der Waals surface area contributed by atoms with Crippen molar-refractivity contribution < 1.29 is 19.7 Å². The number of piperidine rings is 2. The summed E-state index contributed by atoms with van der Waals surface area (Å²) in [5.41, 5.74) is -0.439. The Morgan fingerprint density at radius 3 is 2.42 bits per heavy atom. The van der Waals surface area contributed by atoms with Gasteiger partial charge in [0, 0.05) is 32.7 Å². The highest BCUT2D eigenvalue weighted by Crippen LogP contribution is 2.29. The molecule has 2 N–H and O–H groups in total. The molecule has 7 heteroatoms. The van der Waals surface area contributed by atoms with Crippen LogP contribution in [0.15, 0.2) is 24.3 Å². The van der Waals surface area contributed by atoms with E-state index in [0.29, 0.717) is 42.8 Å². The fourth-order valence-electron chi connectivity index (χ4n) is 4.06. The summed E-state index contributed by atoms with van der Waals surface area (Å²) < 4.78 is 5.68. The lowest BCUT2D eigenvalue weighted by molar-refractivity contribution is -0.0442. The summed E-state index contributed by atoms with van der Waals surface area (Å²) >= 11 is 0. The highest BCUT2D eigenvalue weighted by atomic mass is 16.5. The van der Waals surface area contributed by atoms with E-state index in [9.17, 15) is 15.0 Å². The minimum atomic E-state index is -1.01. The lowest BCUT2D eigenvalue weighted by atomic mass is 9.84. The van der Waals surface area contributed by atoms with Gasteiger partial charge in [0.1, 0.15) is 18.0 Å². The van der Waals surface area contributed by atoms with Gasteiger partial charge in [-0.1, -0.05) is 0 Å². The molecule has 2 fully saturated rings. The van der Waals surface area contributed by atoms with Crippen LogP contribution >= 0.6 is 0 Å². The molecule has 7 nitrogen and oxygen atoms in total. The number of nitrogens with zero attached hydrogens (tertiary/aromatic N) is 3. The first-order valence-electron chi connectivity index (χ1n) is 8.90. The van der Waals surface area contributed by atoms with E-state index in [1.54, 1.807) is 31.2 Å². The van der Waals surface area contributed by atoms with E-state index >= 15 is 0 Å². The fraction of sp³-hybridized carbons (Fsp3) is 0.579. The van der Waals surface area contributed by atoms with E-state index in [-0.39, 0.29) is 6.61 Å². The van der Waals surface area contributed by atoms with Crippen LogP contribution in [0.2, 0.25) is 0 Å². The first-order valence-corrected chi connectivity index (χ1v) is 8.90. The predicted octanol–water partition coefficient (Wildman–Crippen LogP) is 1.62. The van der Waals surface area contributed by atoms with Crippen LogP contribution in [-0.2, 0) is 0 Å². The first-order chi connectivity index (χ1) is 12.3. The normalized spacial score (nSPS) is 25.2. The lowest BCUT2D eigenvalue weighted by Gasteiger charge is -2.46. The Bertz CT molecular complexity index is 669. The molecule has 0 saturated carbocycles. The van der Waals surface area contributed by atoms with Gasteiger partial charge in [0.15, 0.2) is 0 Å². The third-order valence-electron chi connectivity index (χ3n) is 5.02. The second kappa shape index (κ2) is 7.52. The Balaban J connectivity index is 1.51. The average molecular weight is 359 g/mol. The number of benzene rings is 1. The molecule has 0 spiro atoms. The second-order valence-electron chi connectivity index (χ2n) is 7.77. The average Bonchev–Trinajstić information content (AvgIpc) is 2.59. The Morgan fingerprint density at radius 1 is 1.27 bits per heavy atom. The van der Waals surface area contributed by atoms with E-state index in [2.05, 4.69) is 11.0 Å². The minimum Gasteiger partial charge on any atom is -0.491 e. The highest BCUT2D eigenvalue weighted by Gasteiger charge is 2.38. The van der Waals surface area contributed by atoms with Gasteiger partial charge in [-0.3, -0.25) is 4.90 Å². The topological polar surface area (TPSA) is 97.0 Å². The maximum absolute atomic E-state index is 11.2. The summed E-state index contributed by atoms with van der Waals surface area (Å²) in [7, 11) is 0. The van der Waals surface area contributed by atoms with Crippen molar-refractivity contribution in [3.05, 3.63) is 29.8 Å². The van der Waals surface area contributed by atoms with Crippen molar-refractivity contribution in [1.82, 2.24) is 9.80 Å². The third-order valence-corrected chi connectivity index (χ3v) is 5.02. The molecule has 26 heavy (non-hydrogen) atoms. The summed E-state index contributed by atoms with van der Waals surface area (Å²) in [4.78, 5) is 14.9. The number of fused-ring (bicyclic) bond motifs is 2. The molecule has 2 saturated heterocycles. The molecule has 3 atom stereocenters. The number of rotatable bonds is 5. The fourth-order valence-corrected chi connectivity index (χ4v) is 4.06. The quantitative estimate of drug-likeness (QED) is 0.829. The van der Waals surface area contributed by atoms with Crippen LogP contribution < -0.4 is 4.74 Å². The molecule has 0 radical (unpaired) electrons. The number of hydrogen-bond acceptors (Lipinski definition) is 5. The van der Waals surface area contributed by atoms with Gasteiger partial charge in [-0.05, 0) is 49.4 Å². The molecule has 2 aliphatic rings. The van der Waals surface area contributed by atoms with Gasteiger partial charge in [-0.2, -0.15) is 5.26 Å². The largest absolute Gasteiger partial charge is 0.491 e. The van der Waals surface area contributed by atoms with Crippen molar-refractivity contribution in [3.63, 3.8) is 0 Å². The van der Waals surface area contributed by atoms with Crippen molar-refractivity contribution in [1.29, 1.82) is 5.26 Å². The smallest absolute Gasteiger partial charge is 0.407 e. The number of aliphatic hydroxyl groups is 1. The van der Waals surface area contributed by atoms with Crippen LogP contribution in [0.1, 0.15) is 18.9 Å². The van der Waals surface area contributed by atoms with Crippen LogP contribution in [0, 0.1) is 23.2 Å². The minimum absolute atomic E-state index is 0.159. The number of carbonyl (C=O) groups is 1. The molecule has 3 rings (SSSR count). The van der Waals surface area contributed by atoms with Crippen LogP contribution in [-0.4, -0.2) is 71.0 Å². The van der Waals surface area contributed by atoms with Crippen LogP contribution in [0.5, 0.6) is 5.75 Å². The molecule has 0 aromatic heterocycles. The standard InChI is InChI=1S/C19H25N3O4/c1-19(25,13-26-17-4-2-14(7-20)3-5-17)12-21-8-15-6-16(9-21)11-22(10-15)18(23)24/h2-5,15-16,25H,6,8-13H2,1H3,(H,23,24)/t15?,16?,19-/m0/s1. The summed E-state index contributed by atoms with van der Waals surface area (Å²) in [6.07, 6.45) is 0.223. The maximum atomic E-state index is 11.2. The molecule has 0 aliphatic carbocycles. The zero-order valence-electron chi connectivity index (χ0n) is 15.0. The predicted molar refractivity (Wildman–Crippen MR) is 94.9 cm³/mol. The molecule has 1 amide bonds. The van der Waals surface area contributed by atoms with Crippen LogP contribution in [0.25, 0.3) is 0 Å². The number of nitriles is 1. The zero-order chi connectivity index (χ0) is 18.7. The Morgan fingerprint density at radius 2 is 1.88 bits per heavy atom. The van der Waals surface area contributed by atoms with E-state index in [4.69, 9.17) is 10.00 Å². The van der Waals surface area contributed by atoms with Gasteiger partial charge in [0.05, 0.1) is 11.6 Å². The molecule has 2 unspecified atom stereocenters. The SMILES string of the molecule is C[C@@](O)(COc1ccc(C#N)cc1)CN1CC2CC(C1)CN(C(=O)O)C2. The van der Waals surface area contributed by atoms with Crippen molar-refractivity contribution in [3.8, 4) is 11.8 Å². The lowest BCUT2D eigenvalue weighted by Crippen LogP contribution is -2.56. The number of β-amino-alcohol motifs (C(OH)–C–C–N with tert-alkyl or cyclic N) is 1. The van der Waals surface area contributed by atoms with Crippen molar-refractivity contribution in [2.45, 2.75) is 18.9 Å². The summed E-state index contributed by atoms with van der Waals surface area (Å²) in [5, 5.41) is 28.7. The number of carboxylic acid groups (broad SMARTS) is 1. The van der Waals surface area contributed by atoms with E-state index in [0.717, 1.165) is 19.5 Å². The second-order valence-corrected chi connectivity index (χ2v) is 7.77. The van der Waals surface area contributed by atoms with Crippen molar-refractivity contribution >= 4 is 6.09 Å². The molecular weight excluding hydrogens is 334 g/mol. The van der Waals surface area contributed by atoms with Gasteiger partial charge in [0.25, 0.3) is 0 Å². The highest BCUT2D eigenvalue weighted by molar-refractivity contribution is 5.65. The van der Waals surface area contributed by atoms with Gasteiger partial charge < -0.3 is 19.8 Å². The van der Waals surface area contributed by atoms with Crippen LogP contribution in [0.3, 0.4) is 0 Å². The Hall–Kier alpha value is -2.30. The van der Waals surface area contributed by atoms with Gasteiger partial charge in [0.2, 0.25) is 0 Å². The molecule has 140 valence electrons. The van der Waals surface area contributed by atoms with Gasteiger partial charge in [-0.25, -0.2) is 4.79 Å². The molecule has 2 heterocycles. The molecule has 1 aromatic rings. The van der Waals surface area contributed by atoms with E-state index in [1.807, 2.05) is 0 Å². The molecular formula is C19H25N3O4. The van der Waals surface area contributed by atoms with Crippen molar-refractivity contribution in [2.75, 3.05) is 39.3 Å². The van der Waals surface area contributed by atoms with E-state index in [1.165, 1.54) is 4.90 Å². The Kier molecular flexibility index (Phi) is 5.35.